The Morgan fingerprint density at radius 2 is 1.61 bits per heavy atom. The second-order valence-corrected chi connectivity index (χ2v) is 14.0. The van der Waals surface area contributed by atoms with Gasteiger partial charge < -0.3 is 25.1 Å². The monoisotopic (exact) mass is 640 g/mol. The van der Waals surface area contributed by atoms with Gasteiger partial charge in [0.15, 0.2) is 5.69 Å². The molecule has 1 aromatic rings. The van der Waals surface area contributed by atoms with Crippen LogP contribution in [-0.4, -0.2) is 150 Å². The molecular formula is C28H48N8O7S. The minimum absolute atomic E-state index is 0.0272. The van der Waals surface area contributed by atoms with Crippen LogP contribution in [0.3, 0.4) is 0 Å². The van der Waals surface area contributed by atoms with Crippen LogP contribution >= 0.6 is 0 Å². The van der Waals surface area contributed by atoms with Gasteiger partial charge in [-0.1, -0.05) is 13.8 Å². The van der Waals surface area contributed by atoms with Crippen LogP contribution in [0.2, 0.25) is 0 Å². The van der Waals surface area contributed by atoms with E-state index < -0.39 is 10.2 Å². The molecule has 0 spiro atoms. The third-order valence-corrected chi connectivity index (χ3v) is 10.4. The molecule has 0 saturated carbocycles. The molecule has 16 heteroatoms. The van der Waals surface area contributed by atoms with Crippen LogP contribution in [0.5, 0.6) is 0 Å². The van der Waals surface area contributed by atoms with Crippen molar-refractivity contribution in [2.24, 2.45) is 13.0 Å². The Balaban J connectivity index is 0.00000169. The third-order valence-electron chi connectivity index (χ3n) is 8.41. The number of hydrogen-bond donors (Lipinski definition) is 2. The van der Waals surface area contributed by atoms with Crippen LogP contribution in [0.25, 0.3) is 0 Å². The second-order valence-electron chi connectivity index (χ2n) is 12.0. The molecule has 4 rings (SSSR count). The van der Waals surface area contributed by atoms with Crippen molar-refractivity contribution in [3.63, 3.8) is 0 Å². The van der Waals surface area contributed by atoms with Gasteiger partial charge in [-0.15, -0.1) is 0 Å². The number of carboxylic acid groups (broad SMARTS) is 1. The number of fused-ring (bicyclic) bond motifs is 1. The molecule has 3 amide bonds. The van der Waals surface area contributed by atoms with Crippen LogP contribution in [0.4, 0.5) is 0 Å². The summed E-state index contributed by atoms with van der Waals surface area (Å²) in [6.07, 6.45) is 2.37. The molecule has 1 aromatic heterocycles. The standard InChI is InChI=1S/C27H46N8O5S.CH2O2/c1-20(2)18-33-19-25(37)31(4)21-8-9-23-22(17-21)26(29-32(23)5)27(38)28-10-12-34(11-6-7-24(33)36)41(39,40)35-15-13-30(3)14-16-35;2-1-3/h20-21H,6-19H2,1-5H3,(H,28,38);1H,(H,2,3). The summed E-state index contributed by atoms with van der Waals surface area (Å²) in [5.74, 6) is -0.481. The highest BCUT2D eigenvalue weighted by atomic mass is 32.2. The smallest absolute Gasteiger partial charge is 0.290 e. The molecule has 2 N–H and O–H groups in total. The van der Waals surface area contributed by atoms with Crippen molar-refractivity contribution in [1.29, 1.82) is 0 Å². The van der Waals surface area contributed by atoms with E-state index in [1.54, 1.807) is 21.5 Å². The van der Waals surface area contributed by atoms with E-state index in [9.17, 15) is 22.8 Å². The number of hydrogen-bond acceptors (Lipinski definition) is 8. The molecule has 1 aliphatic carbocycles. The van der Waals surface area contributed by atoms with Crippen molar-refractivity contribution < 1.29 is 32.7 Å². The maximum absolute atomic E-state index is 13.6. The second kappa shape index (κ2) is 15.8. The molecule has 1 saturated heterocycles. The van der Waals surface area contributed by atoms with Gasteiger partial charge in [0.05, 0.1) is 6.54 Å². The van der Waals surface area contributed by atoms with Crippen LogP contribution in [0.1, 0.15) is 54.9 Å². The summed E-state index contributed by atoms with van der Waals surface area (Å²) in [5.41, 5.74) is 2.12. The first-order valence-corrected chi connectivity index (χ1v) is 16.6. The molecule has 44 heavy (non-hydrogen) atoms. The van der Waals surface area contributed by atoms with E-state index in [4.69, 9.17) is 9.90 Å². The highest BCUT2D eigenvalue weighted by Crippen LogP contribution is 2.27. The van der Waals surface area contributed by atoms with Gasteiger partial charge in [-0.05, 0) is 38.6 Å². The molecule has 1 atom stereocenters. The Hall–Kier alpha value is -3.08. The van der Waals surface area contributed by atoms with Crippen molar-refractivity contribution in [1.82, 2.24) is 38.4 Å². The van der Waals surface area contributed by atoms with Gasteiger partial charge in [-0.25, -0.2) is 0 Å². The molecule has 1 fully saturated rings. The van der Waals surface area contributed by atoms with Gasteiger partial charge in [0.25, 0.3) is 22.6 Å². The van der Waals surface area contributed by atoms with Gasteiger partial charge in [0.2, 0.25) is 11.8 Å². The van der Waals surface area contributed by atoms with Crippen molar-refractivity contribution in [3.8, 4) is 0 Å². The molecule has 3 heterocycles. The van der Waals surface area contributed by atoms with E-state index in [0.29, 0.717) is 57.7 Å². The van der Waals surface area contributed by atoms with Crippen molar-refractivity contribution in [2.75, 3.05) is 73.0 Å². The minimum atomic E-state index is -3.79. The molecule has 0 aromatic carbocycles. The quantitative estimate of drug-likeness (QED) is 0.402. The SMILES string of the molecule is CC(C)CN1CC(=O)N(C)C2CCc3c(c(nn3C)C(=O)NCCN(S(=O)(=O)N3CCN(C)CC3)CCCC1=O)C2.O=CO. The zero-order valence-corrected chi connectivity index (χ0v) is 27.4. The largest absolute Gasteiger partial charge is 0.483 e. The summed E-state index contributed by atoms with van der Waals surface area (Å²) in [6.45, 7) is 6.58. The number of aryl methyl sites for hydroxylation is 1. The normalized spacial score (nSPS) is 22.3. The number of carbonyl (C=O) groups excluding carboxylic acids is 3. The van der Waals surface area contributed by atoms with E-state index in [-0.39, 0.29) is 68.8 Å². The molecule has 0 radical (unpaired) electrons. The molecule has 2 bridgehead atoms. The Kier molecular flexibility index (Phi) is 12.7. The minimum Gasteiger partial charge on any atom is -0.483 e. The summed E-state index contributed by atoms with van der Waals surface area (Å²) >= 11 is 0. The zero-order valence-electron chi connectivity index (χ0n) is 26.6. The van der Waals surface area contributed by atoms with Gasteiger partial charge >= 0.3 is 0 Å². The lowest BCUT2D eigenvalue weighted by Gasteiger charge is -2.35. The van der Waals surface area contributed by atoms with Gasteiger partial charge in [0, 0.05) is 90.2 Å². The summed E-state index contributed by atoms with van der Waals surface area (Å²) in [5, 5.41) is 14.3. The number of nitrogens with one attached hydrogen (secondary N) is 1. The summed E-state index contributed by atoms with van der Waals surface area (Å²) in [6, 6.07) is -0.110. The molecular weight excluding hydrogens is 592 g/mol. The highest BCUT2D eigenvalue weighted by Gasteiger charge is 2.34. The molecule has 1 unspecified atom stereocenters. The number of aromatic nitrogens is 2. The molecule has 3 aliphatic rings. The Morgan fingerprint density at radius 3 is 2.25 bits per heavy atom. The lowest BCUT2D eigenvalue weighted by Crippen LogP contribution is -2.53. The first kappa shape index (κ1) is 35.4. The summed E-state index contributed by atoms with van der Waals surface area (Å²) < 4.78 is 31.9. The Bertz CT molecular complexity index is 1280. The van der Waals surface area contributed by atoms with E-state index in [2.05, 4.69) is 15.3 Å². The van der Waals surface area contributed by atoms with Crippen molar-refractivity contribution in [3.05, 3.63) is 17.0 Å². The third kappa shape index (κ3) is 8.76. The average molecular weight is 641 g/mol. The van der Waals surface area contributed by atoms with E-state index >= 15 is 0 Å². The summed E-state index contributed by atoms with van der Waals surface area (Å²) in [4.78, 5) is 53.7. The fraction of sp³-hybridized carbons (Fsp3) is 0.750. The number of likely N-dealkylation sites (N-methyl/N-ethyl adjacent to an activating group) is 2. The molecule has 248 valence electrons. The fourth-order valence-corrected chi connectivity index (χ4v) is 7.56. The van der Waals surface area contributed by atoms with Crippen LogP contribution in [-0.2, 0) is 44.5 Å². The number of carbonyl (C=O) groups is 4. The maximum Gasteiger partial charge on any atom is 0.290 e. The Labute approximate surface area is 260 Å². The average Bonchev–Trinajstić information content (AvgIpc) is 3.30. The highest BCUT2D eigenvalue weighted by molar-refractivity contribution is 7.86. The van der Waals surface area contributed by atoms with E-state index in [1.165, 1.54) is 8.61 Å². The predicted molar refractivity (Wildman–Crippen MR) is 163 cm³/mol. The topological polar surface area (TPSA) is 169 Å². The number of amides is 3. The van der Waals surface area contributed by atoms with Crippen LogP contribution in [0.15, 0.2) is 0 Å². The lowest BCUT2D eigenvalue weighted by molar-refractivity contribution is -0.141. The lowest BCUT2D eigenvalue weighted by atomic mass is 9.90. The fourth-order valence-electron chi connectivity index (χ4n) is 5.92. The van der Waals surface area contributed by atoms with Crippen LogP contribution in [0, 0.1) is 5.92 Å². The van der Waals surface area contributed by atoms with Crippen molar-refractivity contribution in [2.45, 2.75) is 52.0 Å². The molecule has 15 nitrogen and oxygen atoms in total. The number of rotatable bonds is 4. The van der Waals surface area contributed by atoms with Crippen LogP contribution < -0.4 is 5.32 Å². The first-order valence-electron chi connectivity index (χ1n) is 15.2. The van der Waals surface area contributed by atoms with Gasteiger partial charge in [-0.2, -0.15) is 22.1 Å². The number of nitrogens with zero attached hydrogens (tertiary/aromatic N) is 7. The zero-order chi connectivity index (χ0) is 32.6. The summed E-state index contributed by atoms with van der Waals surface area (Å²) in [7, 11) is 1.75. The van der Waals surface area contributed by atoms with E-state index in [1.807, 2.05) is 27.9 Å². The first-order chi connectivity index (χ1) is 20.8. The molecule has 2 aliphatic heterocycles. The van der Waals surface area contributed by atoms with E-state index in [0.717, 1.165) is 17.7 Å². The Morgan fingerprint density at radius 1 is 0.977 bits per heavy atom. The predicted octanol–water partition coefficient (Wildman–Crippen LogP) is -0.761. The van der Waals surface area contributed by atoms with Gasteiger partial charge in [0.1, 0.15) is 0 Å². The number of piperazine rings is 1. The van der Waals surface area contributed by atoms with Crippen molar-refractivity contribution >= 4 is 34.4 Å². The van der Waals surface area contributed by atoms with Gasteiger partial charge in [-0.3, -0.25) is 23.9 Å². The maximum atomic E-state index is 13.6.